The van der Waals surface area contributed by atoms with Gasteiger partial charge in [0.1, 0.15) is 0 Å². The molecule has 1 rings (SSSR count). The van der Waals surface area contributed by atoms with Crippen LogP contribution in [0.25, 0.3) is 0 Å². The van der Waals surface area contributed by atoms with Gasteiger partial charge in [-0.1, -0.05) is 28.1 Å². The average Bonchev–Trinajstić information content (AvgIpc) is 2.10. The Bertz CT molecular complexity index is 302. The number of hydroxylamine groups is 1. The highest BCUT2D eigenvalue weighted by Crippen LogP contribution is 2.19. The summed E-state index contributed by atoms with van der Waals surface area (Å²) in [6.45, 7) is 1.38. The molecule has 1 aromatic carbocycles. The van der Waals surface area contributed by atoms with Crippen molar-refractivity contribution in [1.29, 1.82) is 0 Å². The largest absolute Gasteiger partial charge is 0.316 e. The first-order valence-electron chi connectivity index (χ1n) is 4.42. The fourth-order valence-corrected chi connectivity index (χ4v) is 1.81. The van der Waals surface area contributed by atoms with Crippen LogP contribution in [0, 0.1) is 0 Å². The van der Waals surface area contributed by atoms with Crippen LogP contribution in [0.4, 0.5) is 0 Å². The van der Waals surface area contributed by atoms with Gasteiger partial charge in [-0.15, -0.1) is 0 Å². The molecule has 0 unspecified atom stereocenters. The van der Waals surface area contributed by atoms with E-state index in [4.69, 9.17) is 5.21 Å². The Balaban J connectivity index is 2.79. The van der Waals surface area contributed by atoms with Crippen molar-refractivity contribution in [2.75, 3.05) is 14.1 Å². The van der Waals surface area contributed by atoms with Gasteiger partial charge in [0.05, 0.1) is 0 Å². The van der Waals surface area contributed by atoms with Crippen molar-refractivity contribution in [3.63, 3.8) is 0 Å². The molecule has 4 heteroatoms. The van der Waals surface area contributed by atoms with Gasteiger partial charge in [-0.2, -0.15) is 0 Å². The second-order valence-corrected chi connectivity index (χ2v) is 4.35. The SMILES string of the molecule is CN(C)Cc1ccc(CNO)cc1Br. The summed E-state index contributed by atoms with van der Waals surface area (Å²) in [7, 11) is 4.07. The molecule has 0 heterocycles. The predicted octanol–water partition coefficient (Wildman–Crippen LogP) is 1.99. The zero-order valence-electron chi connectivity index (χ0n) is 8.42. The molecule has 0 aliphatic rings. The summed E-state index contributed by atoms with van der Waals surface area (Å²) in [6.07, 6.45) is 0. The number of halogens is 1. The van der Waals surface area contributed by atoms with Gasteiger partial charge in [0.25, 0.3) is 0 Å². The van der Waals surface area contributed by atoms with Crippen molar-refractivity contribution in [3.05, 3.63) is 33.8 Å². The molecule has 78 valence electrons. The van der Waals surface area contributed by atoms with Gasteiger partial charge in [0.2, 0.25) is 0 Å². The Morgan fingerprint density at radius 3 is 2.64 bits per heavy atom. The third-order valence-corrected chi connectivity index (χ3v) is 2.63. The van der Waals surface area contributed by atoms with Gasteiger partial charge >= 0.3 is 0 Å². The lowest BCUT2D eigenvalue weighted by molar-refractivity contribution is 0.161. The molecule has 3 nitrogen and oxygen atoms in total. The van der Waals surface area contributed by atoms with Crippen LogP contribution >= 0.6 is 15.9 Å². The lowest BCUT2D eigenvalue weighted by Gasteiger charge is -2.12. The van der Waals surface area contributed by atoms with E-state index in [1.807, 2.05) is 26.2 Å². The van der Waals surface area contributed by atoms with Gasteiger partial charge in [0.15, 0.2) is 0 Å². The van der Waals surface area contributed by atoms with E-state index in [0.717, 1.165) is 16.6 Å². The summed E-state index contributed by atoms with van der Waals surface area (Å²) in [5.74, 6) is 0. The van der Waals surface area contributed by atoms with Crippen molar-refractivity contribution in [3.8, 4) is 0 Å². The average molecular weight is 259 g/mol. The van der Waals surface area contributed by atoms with Crippen LogP contribution in [0.1, 0.15) is 11.1 Å². The molecule has 0 spiro atoms. The Morgan fingerprint density at radius 2 is 2.14 bits per heavy atom. The standard InChI is InChI=1S/C10H15BrN2O/c1-13(2)7-9-4-3-8(6-12-14)5-10(9)11/h3-5,12,14H,6-7H2,1-2H3. The van der Waals surface area contributed by atoms with E-state index in [1.54, 1.807) is 0 Å². The predicted molar refractivity (Wildman–Crippen MR) is 60.2 cm³/mol. The Morgan fingerprint density at radius 1 is 1.43 bits per heavy atom. The van der Waals surface area contributed by atoms with Gasteiger partial charge in [0, 0.05) is 17.6 Å². The maximum atomic E-state index is 8.55. The Labute approximate surface area is 92.8 Å². The van der Waals surface area contributed by atoms with Crippen molar-refractivity contribution >= 4 is 15.9 Å². The fraction of sp³-hybridized carbons (Fsp3) is 0.400. The zero-order chi connectivity index (χ0) is 10.6. The molecule has 0 aliphatic carbocycles. The minimum Gasteiger partial charge on any atom is -0.316 e. The van der Waals surface area contributed by atoms with Crippen LogP contribution in [-0.2, 0) is 13.1 Å². The highest BCUT2D eigenvalue weighted by molar-refractivity contribution is 9.10. The smallest absolute Gasteiger partial charge is 0.0458 e. The van der Waals surface area contributed by atoms with E-state index < -0.39 is 0 Å². The summed E-state index contributed by atoms with van der Waals surface area (Å²) in [5, 5.41) is 8.55. The Kier molecular flexibility index (Phi) is 4.54. The summed E-state index contributed by atoms with van der Waals surface area (Å²) >= 11 is 3.51. The number of nitrogens with zero attached hydrogens (tertiary/aromatic N) is 1. The molecule has 0 atom stereocenters. The molecule has 0 saturated carbocycles. The van der Waals surface area contributed by atoms with Gasteiger partial charge in [-0.3, -0.25) is 0 Å². The lowest BCUT2D eigenvalue weighted by atomic mass is 10.1. The molecular weight excluding hydrogens is 244 g/mol. The van der Waals surface area contributed by atoms with E-state index in [-0.39, 0.29) is 0 Å². The first kappa shape index (κ1) is 11.7. The normalized spacial score (nSPS) is 10.9. The molecule has 0 amide bonds. The summed E-state index contributed by atoms with van der Waals surface area (Å²) in [4.78, 5) is 2.12. The molecular formula is C10H15BrN2O. The monoisotopic (exact) mass is 258 g/mol. The van der Waals surface area contributed by atoms with E-state index >= 15 is 0 Å². The van der Waals surface area contributed by atoms with Gasteiger partial charge in [-0.05, 0) is 31.3 Å². The molecule has 2 N–H and O–H groups in total. The maximum absolute atomic E-state index is 8.55. The number of benzene rings is 1. The van der Waals surface area contributed by atoms with E-state index in [9.17, 15) is 0 Å². The molecule has 0 fully saturated rings. The third kappa shape index (κ3) is 3.38. The topological polar surface area (TPSA) is 35.5 Å². The van der Waals surface area contributed by atoms with Gasteiger partial charge in [-0.25, -0.2) is 5.48 Å². The summed E-state index contributed by atoms with van der Waals surface area (Å²) < 4.78 is 1.08. The second-order valence-electron chi connectivity index (χ2n) is 3.50. The van der Waals surface area contributed by atoms with E-state index in [1.165, 1.54) is 5.56 Å². The van der Waals surface area contributed by atoms with Crippen molar-refractivity contribution in [2.24, 2.45) is 0 Å². The highest BCUT2D eigenvalue weighted by Gasteiger charge is 2.02. The molecule has 1 aromatic rings. The first-order chi connectivity index (χ1) is 6.63. The maximum Gasteiger partial charge on any atom is 0.0458 e. The zero-order valence-corrected chi connectivity index (χ0v) is 10.0. The van der Waals surface area contributed by atoms with Crippen LogP contribution in [0.2, 0.25) is 0 Å². The number of hydrogen-bond donors (Lipinski definition) is 2. The van der Waals surface area contributed by atoms with Crippen LogP contribution in [0.15, 0.2) is 22.7 Å². The molecule has 0 radical (unpaired) electrons. The van der Waals surface area contributed by atoms with E-state index in [2.05, 4.69) is 32.4 Å². The Hall–Kier alpha value is -0.420. The number of hydrogen-bond acceptors (Lipinski definition) is 3. The molecule has 0 aromatic heterocycles. The summed E-state index contributed by atoms with van der Waals surface area (Å²) in [5.41, 5.74) is 4.44. The molecule has 0 saturated heterocycles. The first-order valence-corrected chi connectivity index (χ1v) is 5.21. The molecule has 0 bridgehead atoms. The number of rotatable bonds is 4. The minimum atomic E-state index is 0.473. The summed E-state index contributed by atoms with van der Waals surface area (Å²) in [6, 6.07) is 6.09. The van der Waals surface area contributed by atoms with Crippen LogP contribution < -0.4 is 5.48 Å². The van der Waals surface area contributed by atoms with Crippen LogP contribution in [0.5, 0.6) is 0 Å². The highest BCUT2D eigenvalue weighted by atomic mass is 79.9. The van der Waals surface area contributed by atoms with Crippen molar-refractivity contribution in [2.45, 2.75) is 13.1 Å². The number of nitrogens with one attached hydrogen (secondary N) is 1. The second kappa shape index (κ2) is 5.46. The minimum absolute atomic E-state index is 0.473. The third-order valence-electron chi connectivity index (χ3n) is 1.89. The van der Waals surface area contributed by atoms with Gasteiger partial charge < -0.3 is 10.1 Å². The quantitative estimate of drug-likeness (QED) is 0.812. The lowest BCUT2D eigenvalue weighted by Crippen LogP contribution is -2.11. The van der Waals surface area contributed by atoms with Crippen molar-refractivity contribution in [1.82, 2.24) is 10.4 Å². The van der Waals surface area contributed by atoms with E-state index in [0.29, 0.717) is 6.54 Å². The molecule has 0 aliphatic heterocycles. The fourth-order valence-electron chi connectivity index (χ4n) is 1.26. The molecule has 14 heavy (non-hydrogen) atoms. The van der Waals surface area contributed by atoms with Crippen LogP contribution in [0.3, 0.4) is 0 Å². The van der Waals surface area contributed by atoms with Crippen molar-refractivity contribution < 1.29 is 5.21 Å². The van der Waals surface area contributed by atoms with Crippen LogP contribution in [-0.4, -0.2) is 24.2 Å².